The summed E-state index contributed by atoms with van der Waals surface area (Å²) in [6.07, 6.45) is 0. The molecule has 28 heavy (non-hydrogen) atoms. The van der Waals surface area contributed by atoms with Crippen molar-refractivity contribution in [3.63, 3.8) is 0 Å². The van der Waals surface area contributed by atoms with E-state index in [2.05, 4.69) is 22.0 Å². The molecule has 6 heteroatoms. The zero-order chi connectivity index (χ0) is 19.8. The minimum Gasteiger partial charge on any atom is -0.496 e. The fourth-order valence-corrected chi connectivity index (χ4v) is 4.14. The van der Waals surface area contributed by atoms with E-state index in [1.807, 2.05) is 42.5 Å². The quantitative estimate of drug-likeness (QED) is 0.635. The number of hydrogen-bond donors (Lipinski definition) is 1. The molecule has 0 saturated heterocycles. The molecule has 1 aliphatic rings. The van der Waals surface area contributed by atoms with E-state index in [-0.39, 0.29) is 5.88 Å². The third kappa shape index (κ3) is 2.76. The van der Waals surface area contributed by atoms with E-state index in [0.29, 0.717) is 22.8 Å². The molecule has 3 aromatic rings. The van der Waals surface area contributed by atoms with Crippen LogP contribution in [0.5, 0.6) is 17.2 Å². The molecule has 1 heterocycles. The highest BCUT2D eigenvalue weighted by Gasteiger charge is 2.34. The van der Waals surface area contributed by atoms with Crippen LogP contribution in [0, 0.1) is 11.3 Å². The molecule has 0 aromatic heterocycles. The van der Waals surface area contributed by atoms with Gasteiger partial charge in [0.2, 0.25) is 5.88 Å². The standard InChI is InChI=1S/C22H17BrN2O3/c1-26-18-10-19(27-2)17(23)9-15(18)20-14-8-7-12-5-3-4-6-13(12)21(14)28-22(25)16(20)11-24/h3-10,20H,25H2,1-2H3/t20-/m1/s1. The zero-order valence-corrected chi connectivity index (χ0v) is 16.9. The number of nitrogens with zero attached hydrogens (tertiary/aromatic N) is 1. The van der Waals surface area contributed by atoms with E-state index in [1.165, 1.54) is 0 Å². The van der Waals surface area contributed by atoms with Gasteiger partial charge in [0.05, 0.1) is 24.6 Å². The van der Waals surface area contributed by atoms with E-state index < -0.39 is 5.92 Å². The average Bonchev–Trinajstić information content (AvgIpc) is 2.72. The summed E-state index contributed by atoms with van der Waals surface area (Å²) in [6, 6.07) is 17.8. The van der Waals surface area contributed by atoms with Crippen molar-refractivity contribution >= 4 is 26.7 Å². The summed E-state index contributed by atoms with van der Waals surface area (Å²) in [5.41, 5.74) is 8.17. The molecule has 0 unspecified atom stereocenters. The van der Waals surface area contributed by atoms with Gasteiger partial charge < -0.3 is 19.9 Å². The maximum atomic E-state index is 9.82. The van der Waals surface area contributed by atoms with Crippen molar-refractivity contribution in [2.75, 3.05) is 14.2 Å². The van der Waals surface area contributed by atoms with E-state index in [0.717, 1.165) is 26.4 Å². The smallest absolute Gasteiger partial charge is 0.205 e. The van der Waals surface area contributed by atoms with Crippen molar-refractivity contribution in [1.29, 1.82) is 5.26 Å². The Bertz CT molecular complexity index is 1160. The van der Waals surface area contributed by atoms with Crippen LogP contribution in [0.3, 0.4) is 0 Å². The predicted octanol–water partition coefficient (Wildman–Crippen LogP) is 4.84. The summed E-state index contributed by atoms with van der Waals surface area (Å²) in [4.78, 5) is 0. The SMILES string of the molecule is COc1cc(OC)c([C@@H]2C(C#N)=C(N)Oc3c2ccc2ccccc32)cc1Br. The highest BCUT2D eigenvalue weighted by atomic mass is 79.9. The number of ether oxygens (including phenoxy) is 3. The van der Waals surface area contributed by atoms with E-state index >= 15 is 0 Å². The fraction of sp³-hybridized carbons (Fsp3) is 0.136. The Balaban J connectivity index is 2.03. The number of allylic oxidation sites excluding steroid dienone is 1. The van der Waals surface area contributed by atoms with Gasteiger partial charge in [0.1, 0.15) is 28.9 Å². The number of halogens is 1. The van der Waals surface area contributed by atoms with Gasteiger partial charge in [-0.3, -0.25) is 0 Å². The Morgan fingerprint density at radius 3 is 2.50 bits per heavy atom. The Morgan fingerprint density at radius 2 is 1.79 bits per heavy atom. The van der Waals surface area contributed by atoms with Gasteiger partial charge in [0.15, 0.2) is 0 Å². The summed E-state index contributed by atoms with van der Waals surface area (Å²) >= 11 is 3.53. The second kappa shape index (κ2) is 7.10. The zero-order valence-electron chi connectivity index (χ0n) is 15.3. The Morgan fingerprint density at radius 1 is 1.04 bits per heavy atom. The molecule has 140 valence electrons. The predicted molar refractivity (Wildman–Crippen MR) is 110 cm³/mol. The first-order valence-electron chi connectivity index (χ1n) is 8.59. The van der Waals surface area contributed by atoms with Gasteiger partial charge in [-0.2, -0.15) is 5.26 Å². The third-order valence-electron chi connectivity index (χ3n) is 4.92. The van der Waals surface area contributed by atoms with E-state index in [1.54, 1.807) is 20.3 Å². The van der Waals surface area contributed by atoms with E-state index in [9.17, 15) is 5.26 Å². The van der Waals surface area contributed by atoms with Crippen LogP contribution in [0.2, 0.25) is 0 Å². The molecule has 4 rings (SSSR count). The monoisotopic (exact) mass is 436 g/mol. The van der Waals surface area contributed by atoms with Crippen molar-refractivity contribution in [2.24, 2.45) is 5.73 Å². The van der Waals surface area contributed by atoms with Gasteiger partial charge in [0.25, 0.3) is 0 Å². The lowest BCUT2D eigenvalue weighted by molar-refractivity contribution is 0.382. The van der Waals surface area contributed by atoms with Gasteiger partial charge in [-0.15, -0.1) is 0 Å². The molecule has 1 aliphatic heterocycles. The van der Waals surface area contributed by atoms with Crippen LogP contribution in [-0.2, 0) is 0 Å². The van der Waals surface area contributed by atoms with Gasteiger partial charge in [-0.25, -0.2) is 0 Å². The van der Waals surface area contributed by atoms with Gasteiger partial charge in [0, 0.05) is 22.6 Å². The van der Waals surface area contributed by atoms with Crippen LogP contribution in [0.1, 0.15) is 17.0 Å². The molecule has 1 atom stereocenters. The normalized spacial score (nSPS) is 15.6. The lowest BCUT2D eigenvalue weighted by Crippen LogP contribution is -2.21. The third-order valence-corrected chi connectivity index (χ3v) is 5.54. The first kappa shape index (κ1) is 18.2. The fourth-order valence-electron chi connectivity index (χ4n) is 3.62. The summed E-state index contributed by atoms with van der Waals surface area (Å²) in [5, 5.41) is 11.8. The molecule has 0 spiro atoms. The van der Waals surface area contributed by atoms with Crippen molar-refractivity contribution in [1.82, 2.24) is 0 Å². The summed E-state index contributed by atoms with van der Waals surface area (Å²) in [6.45, 7) is 0. The van der Waals surface area contributed by atoms with E-state index in [4.69, 9.17) is 19.9 Å². The number of rotatable bonds is 3. The van der Waals surface area contributed by atoms with Crippen LogP contribution >= 0.6 is 15.9 Å². The topological polar surface area (TPSA) is 77.5 Å². The number of hydrogen-bond acceptors (Lipinski definition) is 5. The molecule has 0 fully saturated rings. The second-order valence-corrected chi connectivity index (χ2v) is 7.21. The largest absolute Gasteiger partial charge is 0.496 e. The van der Waals surface area contributed by atoms with Crippen LogP contribution in [0.25, 0.3) is 10.8 Å². The van der Waals surface area contributed by atoms with Gasteiger partial charge >= 0.3 is 0 Å². The maximum Gasteiger partial charge on any atom is 0.205 e. The van der Waals surface area contributed by atoms with Gasteiger partial charge in [-0.1, -0.05) is 36.4 Å². The van der Waals surface area contributed by atoms with Crippen molar-refractivity contribution in [3.05, 3.63) is 75.6 Å². The number of benzene rings is 3. The highest BCUT2D eigenvalue weighted by Crippen LogP contribution is 2.49. The van der Waals surface area contributed by atoms with Crippen molar-refractivity contribution in [2.45, 2.75) is 5.92 Å². The van der Waals surface area contributed by atoms with Crippen LogP contribution in [-0.4, -0.2) is 14.2 Å². The minimum atomic E-state index is -0.421. The minimum absolute atomic E-state index is 0.102. The molecule has 0 radical (unpaired) electrons. The molecule has 0 aliphatic carbocycles. The summed E-state index contributed by atoms with van der Waals surface area (Å²) in [7, 11) is 3.18. The maximum absolute atomic E-state index is 9.82. The molecule has 0 saturated carbocycles. The molecular formula is C22H17BrN2O3. The molecule has 3 aromatic carbocycles. The lowest BCUT2D eigenvalue weighted by Gasteiger charge is -2.28. The molecule has 5 nitrogen and oxygen atoms in total. The number of nitrogens with two attached hydrogens (primary N) is 1. The van der Waals surface area contributed by atoms with Crippen LogP contribution in [0.4, 0.5) is 0 Å². The lowest BCUT2D eigenvalue weighted by atomic mass is 9.82. The summed E-state index contributed by atoms with van der Waals surface area (Å²) in [5.74, 6) is 1.59. The number of methoxy groups -OCH3 is 2. The molecule has 0 amide bonds. The molecule has 2 N–H and O–H groups in total. The summed E-state index contributed by atoms with van der Waals surface area (Å²) < 4.78 is 17.7. The molecular weight excluding hydrogens is 420 g/mol. The van der Waals surface area contributed by atoms with Crippen molar-refractivity contribution in [3.8, 4) is 23.3 Å². The van der Waals surface area contributed by atoms with Crippen molar-refractivity contribution < 1.29 is 14.2 Å². The number of nitriles is 1. The number of fused-ring (bicyclic) bond motifs is 3. The Kier molecular flexibility index (Phi) is 4.62. The first-order valence-corrected chi connectivity index (χ1v) is 9.39. The first-order chi connectivity index (χ1) is 13.6. The second-order valence-electron chi connectivity index (χ2n) is 6.36. The van der Waals surface area contributed by atoms with Crippen LogP contribution < -0.4 is 19.9 Å². The van der Waals surface area contributed by atoms with Crippen LogP contribution in [0.15, 0.2) is 64.5 Å². The highest BCUT2D eigenvalue weighted by molar-refractivity contribution is 9.10. The average molecular weight is 437 g/mol. The molecule has 0 bridgehead atoms. The Labute approximate surface area is 171 Å². The van der Waals surface area contributed by atoms with Gasteiger partial charge in [-0.05, 0) is 27.4 Å². The Hall–Kier alpha value is -3.17.